The topological polar surface area (TPSA) is 148 Å². The molecule has 9 heteroatoms. The Morgan fingerprint density at radius 2 is 2.00 bits per heavy atom. The van der Waals surface area contributed by atoms with Crippen LogP contribution in [0.3, 0.4) is 0 Å². The van der Waals surface area contributed by atoms with Crippen LogP contribution in [-0.2, 0) is 11.2 Å². The second-order valence-electron chi connectivity index (χ2n) is 7.87. The van der Waals surface area contributed by atoms with Crippen LogP contribution >= 0.6 is 0 Å². The van der Waals surface area contributed by atoms with Gasteiger partial charge in [-0.15, -0.1) is 0 Å². The number of nitrogens with one attached hydrogen (secondary N) is 1. The van der Waals surface area contributed by atoms with Crippen LogP contribution in [0.25, 0.3) is 0 Å². The van der Waals surface area contributed by atoms with Gasteiger partial charge in [0.2, 0.25) is 5.91 Å². The Morgan fingerprint density at radius 1 is 1.29 bits per heavy atom. The van der Waals surface area contributed by atoms with Crippen molar-refractivity contribution in [1.29, 1.82) is 0 Å². The number of rotatable bonds is 6. The predicted molar refractivity (Wildman–Crippen MR) is 105 cm³/mol. The summed E-state index contributed by atoms with van der Waals surface area (Å²) in [7, 11) is -1.28. The smallest absolute Gasteiger partial charge is 0.534 e. The lowest BCUT2D eigenvalue weighted by atomic mass is 9.72. The zero-order valence-corrected chi connectivity index (χ0v) is 15.8. The van der Waals surface area contributed by atoms with E-state index >= 15 is 0 Å². The number of para-hydroxylation sites is 1. The van der Waals surface area contributed by atoms with Crippen molar-refractivity contribution in [1.82, 2.24) is 5.32 Å². The van der Waals surface area contributed by atoms with Crippen LogP contribution in [0.15, 0.2) is 18.2 Å². The number of amides is 1. The number of fused-ring (bicyclic) bond motifs is 1. The largest absolute Gasteiger partial charge is 0.547 e. The normalized spacial score (nSPS) is 25.4. The molecule has 1 unspecified atom stereocenters. The Labute approximate surface area is 164 Å². The minimum Gasteiger partial charge on any atom is -0.534 e. The highest BCUT2D eigenvalue weighted by Gasteiger charge is 2.38. The van der Waals surface area contributed by atoms with E-state index in [1.807, 2.05) is 0 Å². The molecular formula is C19H28BN3O5. The van der Waals surface area contributed by atoms with Gasteiger partial charge in [0.05, 0.1) is 11.5 Å². The van der Waals surface area contributed by atoms with Crippen molar-refractivity contribution in [2.75, 3.05) is 6.54 Å². The van der Waals surface area contributed by atoms with Crippen LogP contribution in [0.1, 0.15) is 48.0 Å². The molecule has 7 N–H and O–H groups in total. The summed E-state index contributed by atoms with van der Waals surface area (Å²) in [5.41, 5.74) is 12.3. The molecule has 0 aromatic heterocycles. The zero-order chi connectivity index (χ0) is 20.3. The minimum atomic E-state index is -1.28. The fraction of sp³-hybridized carbons (Fsp3) is 0.579. The maximum atomic E-state index is 12.5. The maximum Gasteiger partial charge on any atom is 0.547 e. The molecule has 0 spiro atoms. The van der Waals surface area contributed by atoms with Crippen molar-refractivity contribution in [3.8, 4) is 5.75 Å². The zero-order valence-electron chi connectivity index (χ0n) is 15.8. The number of carboxylic acid groups (broad SMARTS) is 1. The lowest BCUT2D eigenvalue weighted by molar-refractivity contribution is -0.122. The second-order valence-corrected chi connectivity index (χ2v) is 7.87. The maximum absolute atomic E-state index is 12.5. The summed E-state index contributed by atoms with van der Waals surface area (Å²) in [6.45, 7) is 0.487. The molecule has 1 aliphatic carbocycles. The SMILES string of the molecule is NCC(N)[C@H]1CC[C@H](CC(=O)N[C@H]2Cc3cccc(C(=O)O)c3OB2O)CC1. The van der Waals surface area contributed by atoms with Crippen molar-refractivity contribution in [2.24, 2.45) is 23.3 Å². The summed E-state index contributed by atoms with van der Waals surface area (Å²) in [5.74, 6) is -0.950. The van der Waals surface area contributed by atoms with Gasteiger partial charge in [0.25, 0.3) is 0 Å². The molecule has 1 fully saturated rings. The van der Waals surface area contributed by atoms with Crippen molar-refractivity contribution >= 4 is 19.0 Å². The van der Waals surface area contributed by atoms with Gasteiger partial charge in [-0.1, -0.05) is 12.1 Å². The summed E-state index contributed by atoms with van der Waals surface area (Å²) in [5, 5.41) is 22.3. The number of carbonyl (C=O) groups excluding carboxylic acids is 1. The molecule has 3 rings (SSSR count). The van der Waals surface area contributed by atoms with Gasteiger partial charge in [0.1, 0.15) is 5.75 Å². The van der Waals surface area contributed by atoms with Gasteiger partial charge in [0.15, 0.2) is 0 Å². The molecule has 1 aliphatic heterocycles. The number of hydrogen-bond acceptors (Lipinski definition) is 6. The van der Waals surface area contributed by atoms with Gasteiger partial charge in [-0.3, -0.25) is 4.79 Å². The van der Waals surface area contributed by atoms with E-state index in [0.29, 0.717) is 36.8 Å². The van der Waals surface area contributed by atoms with E-state index in [9.17, 15) is 19.7 Å². The first-order valence-electron chi connectivity index (χ1n) is 9.84. The van der Waals surface area contributed by atoms with Crippen molar-refractivity contribution in [2.45, 2.75) is 50.5 Å². The number of carboxylic acids is 1. The van der Waals surface area contributed by atoms with Gasteiger partial charge < -0.3 is 31.6 Å². The van der Waals surface area contributed by atoms with Crippen LogP contribution in [0.4, 0.5) is 0 Å². The van der Waals surface area contributed by atoms with Crippen LogP contribution in [0.2, 0.25) is 0 Å². The monoisotopic (exact) mass is 389 g/mol. The molecule has 8 nitrogen and oxygen atoms in total. The Hall–Kier alpha value is -2.10. The first-order valence-corrected chi connectivity index (χ1v) is 9.84. The van der Waals surface area contributed by atoms with Crippen LogP contribution in [0.5, 0.6) is 5.75 Å². The first-order chi connectivity index (χ1) is 13.4. The van der Waals surface area contributed by atoms with Gasteiger partial charge >= 0.3 is 13.1 Å². The summed E-state index contributed by atoms with van der Waals surface area (Å²) in [6, 6.07) is 4.83. The van der Waals surface area contributed by atoms with E-state index in [1.165, 1.54) is 6.07 Å². The molecule has 1 aromatic carbocycles. The van der Waals surface area contributed by atoms with Crippen molar-refractivity contribution in [3.05, 3.63) is 29.3 Å². The highest BCUT2D eigenvalue weighted by molar-refractivity contribution is 6.47. The quantitative estimate of drug-likeness (QED) is 0.440. The van der Waals surface area contributed by atoms with Crippen LogP contribution in [-0.4, -0.2) is 47.7 Å². The molecule has 0 radical (unpaired) electrons. The molecule has 1 aromatic rings. The first kappa shape index (κ1) is 20.6. The summed E-state index contributed by atoms with van der Waals surface area (Å²) >= 11 is 0. The number of benzene rings is 1. The Bertz CT molecular complexity index is 724. The van der Waals surface area contributed by atoms with Crippen LogP contribution < -0.4 is 21.4 Å². The average molecular weight is 389 g/mol. The summed E-state index contributed by atoms with van der Waals surface area (Å²) in [6.07, 6.45) is 4.57. The number of hydrogen-bond donors (Lipinski definition) is 5. The lowest BCUT2D eigenvalue weighted by Gasteiger charge is -2.32. The molecule has 2 aliphatic rings. The van der Waals surface area contributed by atoms with Crippen molar-refractivity contribution < 1.29 is 24.4 Å². The Morgan fingerprint density at radius 3 is 2.64 bits per heavy atom. The fourth-order valence-electron chi connectivity index (χ4n) is 4.26. The third-order valence-electron chi connectivity index (χ3n) is 5.94. The van der Waals surface area contributed by atoms with Gasteiger partial charge in [0, 0.05) is 19.0 Å². The standard InChI is InChI=1S/C19H28BN3O5/c21-10-15(22)12-6-4-11(5-7-12)8-17(24)23-16-9-13-2-1-3-14(19(25)26)18(13)28-20(16)27/h1-3,11-12,15-16,27H,4-10,21-22H2,(H,23,24)(H,25,26)/t11-,12-,15?,16-/m0/s1. The minimum absolute atomic E-state index is 0.00812. The number of carbonyl (C=O) groups is 2. The third-order valence-corrected chi connectivity index (χ3v) is 5.94. The number of nitrogens with two attached hydrogens (primary N) is 2. The van der Waals surface area contributed by atoms with E-state index in [4.69, 9.17) is 16.1 Å². The highest BCUT2D eigenvalue weighted by Crippen LogP contribution is 2.33. The molecular weight excluding hydrogens is 361 g/mol. The third kappa shape index (κ3) is 4.66. The van der Waals surface area contributed by atoms with Gasteiger partial charge in [-0.2, -0.15) is 0 Å². The van der Waals surface area contributed by atoms with Gasteiger partial charge in [-0.25, -0.2) is 4.79 Å². The van der Waals surface area contributed by atoms with Gasteiger partial charge in [-0.05, 0) is 55.6 Å². The lowest BCUT2D eigenvalue weighted by Crippen LogP contribution is -2.53. The highest BCUT2D eigenvalue weighted by atomic mass is 16.5. The molecule has 0 bridgehead atoms. The molecule has 2 atom stereocenters. The van der Waals surface area contributed by atoms with E-state index < -0.39 is 19.0 Å². The molecule has 152 valence electrons. The van der Waals surface area contributed by atoms with E-state index in [0.717, 1.165) is 25.7 Å². The molecule has 1 saturated carbocycles. The van der Waals surface area contributed by atoms with E-state index in [-0.39, 0.29) is 23.3 Å². The molecule has 0 saturated heterocycles. The summed E-state index contributed by atoms with van der Waals surface area (Å²) in [4.78, 5) is 23.8. The van der Waals surface area contributed by atoms with E-state index in [1.54, 1.807) is 12.1 Å². The summed E-state index contributed by atoms with van der Waals surface area (Å²) < 4.78 is 5.41. The van der Waals surface area contributed by atoms with E-state index in [2.05, 4.69) is 5.32 Å². The Balaban J connectivity index is 1.54. The molecule has 28 heavy (non-hydrogen) atoms. The predicted octanol–water partition coefficient (Wildman–Crippen LogP) is 0.307. The molecule has 1 amide bonds. The van der Waals surface area contributed by atoms with Crippen molar-refractivity contribution in [3.63, 3.8) is 0 Å². The average Bonchev–Trinajstić information content (AvgIpc) is 2.68. The number of aromatic carboxylic acids is 1. The Kier molecular flexibility index (Phi) is 6.59. The fourth-order valence-corrected chi connectivity index (χ4v) is 4.26. The second kappa shape index (κ2) is 8.94. The van der Waals surface area contributed by atoms with Crippen LogP contribution in [0, 0.1) is 11.8 Å². The molecule has 1 heterocycles.